The van der Waals surface area contributed by atoms with E-state index in [1.54, 1.807) is 0 Å². The second-order valence-corrected chi connectivity index (χ2v) is 8.08. The van der Waals surface area contributed by atoms with Gasteiger partial charge in [0, 0.05) is 20.2 Å². The van der Waals surface area contributed by atoms with Crippen LogP contribution in [0.3, 0.4) is 0 Å². The summed E-state index contributed by atoms with van der Waals surface area (Å²) < 4.78 is 79.0. The fraction of sp³-hybridized carbons (Fsp3) is 0.714. The molecule has 1 aromatic rings. The molecule has 1 saturated heterocycles. The van der Waals surface area contributed by atoms with Crippen molar-refractivity contribution in [3.05, 3.63) is 29.6 Å². The fourth-order valence-electron chi connectivity index (χ4n) is 4.49. The number of alkyl halides is 2. The Morgan fingerprint density at radius 3 is 2.21 bits per heavy atom. The molecule has 1 saturated carbocycles. The molecule has 160 valence electrons. The minimum atomic E-state index is -3.57. The van der Waals surface area contributed by atoms with Crippen molar-refractivity contribution in [3.8, 4) is 5.75 Å². The van der Waals surface area contributed by atoms with Crippen molar-refractivity contribution in [3.63, 3.8) is 0 Å². The molecule has 0 N–H and O–H groups in total. The van der Waals surface area contributed by atoms with Crippen molar-refractivity contribution in [2.45, 2.75) is 70.5 Å². The predicted octanol–water partition coefficient (Wildman–Crippen LogP) is 6.72. The van der Waals surface area contributed by atoms with Gasteiger partial charge >= 0.3 is 6.11 Å². The van der Waals surface area contributed by atoms with Crippen molar-refractivity contribution in [2.75, 3.05) is 6.61 Å². The third-order valence-electron chi connectivity index (χ3n) is 6.09. The average molecular weight is 408 g/mol. The van der Waals surface area contributed by atoms with Crippen molar-refractivity contribution in [1.29, 1.82) is 0 Å². The summed E-state index contributed by atoms with van der Waals surface area (Å²) in [6.45, 7) is 2.91. The summed E-state index contributed by atoms with van der Waals surface area (Å²) in [4.78, 5) is 0. The van der Waals surface area contributed by atoms with Gasteiger partial charge in [-0.15, -0.1) is 0 Å². The standard InChI is InChI=1S/C21H27F5O2.H2/c1-2-3-13-4-9-19(27-12-13)14-5-7-15(8-6-14)21(25,26)28-16-10-17(22)20(24)18(23)11-16;/h10-11,13-15,19H,2-9,12H2,1H3;1H. The van der Waals surface area contributed by atoms with Crippen LogP contribution < -0.4 is 4.74 Å². The molecule has 0 aromatic heterocycles. The van der Waals surface area contributed by atoms with Crippen molar-refractivity contribution < 1.29 is 32.9 Å². The van der Waals surface area contributed by atoms with Gasteiger partial charge in [-0.1, -0.05) is 13.3 Å². The highest BCUT2D eigenvalue weighted by molar-refractivity contribution is 5.25. The minimum absolute atomic E-state index is 0. The van der Waals surface area contributed by atoms with Gasteiger partial charge in [0.2, 0.25) is 0 Å². The number of halogens is 5. The third kappa shape index (κ3) is 4.97. The zero-order valence-corrected chi connectivity index (χ0v) is 16.0. The molecule has 3 rings (SSSR count). The van der Waals surface area contributed by atoms with Crippen molar-refractivity contribution in [2.24, 2.45) is 17.8 Å². The van der Waals surface area contributed by atoms with E-state index in [2.05, 4.69) is 11.7 Å². The molecule has 2 fully saturated rings. The Bertz CT molecular complexity index is 633. The van der Waals surface area contributed by atoms with Gasteiger partial charge < -0.3 is 9.47 Å². The Labute approximate surface area is 163 Å². The second kappa shape index (κ2) is 8.97. The van der Waals surface area contributed by atoms with Crippen LogP contribution in [0, 0.1) is 35.2 Å². The van der Waals surface area contributed by atoms with Crippen LogP contribution in [-0.4, -0.2) is 18.8 Å². The first-order valence-electron chi connectivity index (χ1n) is 10.1. The summed E-state index contributed by atoms with van der Waals surface area (Å²) in [5.74, 6) is -5.69. The molecule has 0 amide bonds. The highest BCUT2D eigenvalue weighted by Crippen LogP contribution is 2.43. The molecule has 2 atom stereocenters. The van der Waals surface area contributed by atoms with E-state index in [1.807, 2.05) is 0 Å². The zero-order valence-electron chi connectivity index (χ0n) is 16.0. The average Bonchev–Trinajstić information content (AvgIpc) is 2.67. The molecular formula is C21H29F5O2. The Kier molecular flexibility index (Phi) is 6.84. The number of hydrogen-bond donors (Lipinski definition) is 0. The fourth-order valence-corrected chi connectivity index (χ4v) is 4.49. The van der Waals surface area contributed by atoms with Crippen LogP contribution in [0.4, 0.5) is 22.0 Å². The van der Waals surface area contributed by atoms with Gasteiger partial charge in [-0.2, -0.15) is 8.78 Å². The lowest BCUT2D eigenvalue weighted by atomic mass is 9.76. The monoisotopic (exact) mass is 408 g/mol. The van der Waals surface area contributed by atoms with Gasteiger partial charge in [-0.25, -0.2) is 13.2 Å². The first-order chi connectivity index (χ1) is 13.3. The van der Waals surface area contributed by atoms with Gasteiger partial charge in [0.1, 0.15) is 5.75 Å². The van der Waals surface area contributed by atoms with E-state index >= 15 is 0 Å². The topological polar surface area (TPSA) is 18.5 Å². The van der Waals surface area contributed by atoms with Crippen LogP contribution in [0.1, 0.15) is 59.7 Å². The SMILES string of the molecule is CCCC1CCC(C2CCC(C(F)(F)Oc3cc(F)c(F)c(F)c3)CC2)OC1.[HH]. The van der Waals surface area contributed by atoms with Crippen LogP contribution in [0.5, 0.6) is 5.75 Å². The highest BCUT2D eigenvalue weighted by atomic mass is 19.3. The van der Waals surface area contributed by atoms with Gasteiger partial charge in [-0.05, 0) is 56.8 Å². The van der Waals surface area contributed by atoms with Crippen LogP contribution >= 0.6 is 0 Å². The van der Waals surface area contributed by atoms with E-state index in [-0.39, 0.29) is 26.3 Å². The normalized spacial score (nSPS) is 28.9. The molecule has 1 aliphatic carbocycles. The summed E-state index contributed by atoms with van der Waals surface area (Å²) in [5, 5.41) is 0. The molecular weight excluding hydrogens is 379 g/mol. The van der Waals surface area contributed by atoms with Crippen molar-refractivity contribution in [1.82, 2.24) is 0 Å². The second-order valence-electron chi connectivity index (χ2n) is 8.08. The van der Waals surface area contributed by atoms with E-state index in [9.17, 15) is 22.0 Å². The predicted molar refractivity (Wildman–Crippen MR) is 96.8 cm³/mol. The van der Waals surface area contributed by atoms with E-state index < -0.39 is 35.2 Å². The zero-order chi connectivity index (χ0) is 20.3. The molecule has 2 aliphatic rings. The van der Waals surface area contributed by atoms with Gasteiger partial charge in [0.05, 0.1) is 12.0 Å². The lowest BCUT2D eigenvalue weighted by Gasteiger charge is -2.39. The summed E-state index contributed by atoms with van der Waals surface area (Å²) in [7, 11) is 0. The number of hydrogen-bond acceptors (Lipinski definition) is 2. The molecule has 1 heterocycles. The summed E-state index contributed by atoms with van der Waals surface area (Å²) in [6.07, 6.45) is 2.68. The van der Waals surface area contributed by atoms with Gasteiger partial charge in [-0.3, -0.25) is 0 Å². The van der Waals surface area contributed by atoms with Crippen LogP contribution in [-0.2, 0) is 4.74 Å². The largest absolute Gasteiger partial charge is 0.432 e. The number of rotatable bonds is 6. The maximum atomic E-state index is 14.5. The Morgan fingerprint density at radius 2 is 1.68 bits per heavy atom. The maximum Gasteiger partial charge on any atom is 0.400 e. The van der Waals surface area contributed by atoms with E-state index in [0.29, 0.717) is 30.9 Å². The van der Waals surface area contributed by atoms with E-state index in [4.69, 9.17) is 4.74 Å². The van der Waals surface area contributed by atoms with Gasteiger partial charge in [0.25, 0.3) is 0 Å². The molecule has 1 aliphatic heterocycles. The summed E-state index contributed by atoms with van der Waals surface area (Å²) in [6, 6.07) is 0.890. The first-order valence-corrected chi connectivity index (χ1v) is 10.1. The molecule has 0 radical (unpaired) electrons. The smallest absolute Gasteiger partial charge is 0.400 e. The molecule has 0 spiro atoms. The lowest BCUT2D eigenvalue weighted by Crippen LogP contribution is -2.40. The van der Waals surface area contributed by atoms with Crippen LogP contribution in [0.25, 0.3) is 0 Å². The molecule has 1 aromatic carbocycles. The van der Waals surface area contributed by atoms with Gasteiger partial charge in [0.15, 0.2) is 17.5 Å². The molecule has 28 heavy (non-hydrogen) atoms. The molecule has 7 heteroatoms. The van der Waals surface area contributed by atoms with E-state index in [0.717, 1.165) is 32.3 Å². The highest BCUT2D eigenvalue weighted by Gasteiger charge is 2.45. The number of benzene rings is 1. The summed E-state index contributed by atoms with van der Waals surface area (Å²) in [5.41, 5.74) is 0. The summed E-state index contributed by atoms with van der Waals surface area (Å²) >= 11 is 0. The Hall–Kier alpha value is -1.37. The maximum absolute atomic E-state index is 14.5. The molecule has 2 unspecified atom stereocenters. The van der Waals surface area contributed by atoms with E-state index in [1.165, 1.54) is 0 Å². The molecule has 2 nitrogen and oxygen atoms in total. The van der Waals surface area contributed by atoms with Crippen LogP contribution in [0.2, 0.25) is 0 Å². The Balaban J connectivity index is 0.00000300. The van der Waals surface area contributed by atoms with Crippen LogP contribution in [0.15, 0.2) is 12.1 Å². The number of ether oxygens (including phenoxy) is 2. The Morgan fingerprint density at radius 1 is 1.04 bits per heavy atom. The first kappa shape index (κ1) is 21.3. The lowest BCUT2D eigenvalue weighted by molar-refractivity contribution is -0.225. The molecule has 0 bridgehead atoms. The quantitative estimate of drug-likeness (QED) is 0.384. The van der Waals surface area contributed by atoms with Crippen molar-refractivity contribution >= 4 is 0 Å². The minimum Gasteiger partial charge on any atom is -0.432 e. The third-order valence-corrected chi connectivity index (χ3v) is 6.09.